The van der Waals surface area contributed by atoms with Gasteiger partial charge in [-0.2, -0.15) is 10.4 Å². The van der Waals surface area contributed by atoms with E-state index < -0.39 is 5.91 Å². The highest BCUT2D eigenvalue weighted by Crippen LogP contribution is 2.30. The second-order valence-corrected chi connectivity index (χ2v) is 9.20. The van der Waals surface area contributed by atoms with E-state index in [-0.39, 0.29) is 40.2 Å². The highest BCUT2D eigenvalue weighted by Gasteiger charge is 2.34. The number of ether oxygens (including phenoxy) is 2. The summed E-state index contributed by atoms with van der Waals surface area (Å²) in [6.45, 7) is 2.30. The largest absolute Gasteiger partial charge is 0.497 e. The van der Waals surface area contributed by atoms with E-state index in [0.717, 1.165) is 0 Å². The Balaban J connectivity index is 1.38. The van der Waals surface area contributed by atoms with Gasteiger partial charge in [0, 0.05) is 22.4 Å². The first-order chi connectivity index (χ1) is 19.3. The zero-order valence-electron chi connectivity index (χ0n) is 22.0. The molecule has 3 aromatic carbocycles. The topological polar surface area (TPSA) is 127 Å². The lowest BCUT2D eigenvalue weighted by Crippen LogP contribution is -2.47. The van der Waals surface area contributed by atoms with E-state index in [1.54, 1.807) is 65.2 Å². The predicted molar refractivity (Wildman–Crippen MR) is 147 cm³/mol. The highest BCUT2D eigenvalue weighted by molar-refractivity contribution is 6.14. The maximum absolute atomic E-state index is 13.7. The Morgan fingerprint density at radius 3 is 2.45 bits per heavy atom. The molecule has 0 spiro atoms. The number of hydrogen-bond donors (Lipinski definition) is 1. The van der Waals surface area contributed by atoms with Crippen LogP contribution >= 0.6 is 0 Å². The summed E-state index contributed by atoms with van der Waals surface area (Å²) in [5.74, 6) is -0.0472. The van der Waals surface area contributed by atoms with Crippen LogP contribution in [0.2, 0.25) is 0 Å². The Bertz CT molecular complexity index is 1670. The van der Waals surface area contributed by atoms with Gasteiger partial charge < -0.3 is 19.7 Å². The minimum atomic E-state index is -0.492. The average Bonchev–Trinajstić information content (AvgIpc) is 3.38. The first-order valence-corrected chi connectivity index (χ1v) is 12.4. The van der Waals surface area contributed by atoms with Crippen molar-refractivity contribution < 1.29 is 23.9 Å². The van der Waals surface area contributed by atoms with Crippen molar-refractivity contribution in [3.8, 4) is 17.6 Å². The maximum atomic E-state index is 13.7. The fraction of sp³-hybridized carbons (Fsp3) is 0.167. The minimum absolute atomic E-state index is 0.162. The molecule has 0 aliphatic carbocycles. The van der Waals surface area contributed by atoms with Crippen molar-refractivity contribution in [2.75, 3.05) is 24.4 Å². The van der Waals surface area contributed by atoms with E-state index in [4.69, 9.17) is 9.47 Å². The molecule has 1 aromatic heterocycles. The first kappa shape index (κ1) is 26.2. The van der Waals surface area contributed by atoms with Crippen LogP contribution in [0, 0.1) is 11.3 Å². The van der Waals surface area contributed by atoms with E-state index in [9.17, 15) is 19.6 Å². The van der Waals surface area contributed by atoms with Crippen LogP contribution < -0.4 is 19.7 Å². The number of aromatic nitrogens is 2. The molecule has 1 N–H and O–H groups in total. The molecule has 0 radical (unpaired) electrons. The number of ketones is 1. The maximum Gasteiger partial charge on any atom is 0.279 e. The fourth-order valence-corrected chi connectivity index (χ4v) is 4.69. The van der Waals surface area contributed by atoms with Gasteiger partial charge in [0.05, 0.1) is 44.3 Å². The zero-order chi connectivity index (χ0) is 28.4. The van der Waals surface area contributed by atoms with Crippen molar-refractivity contribution in [2.45, 2.75) is 19.5 Å². The second kappa shape index (κ2) is 10.7. The summed E-state index contributed by atoms with van der Waals surface area (Å²) in [5, 5.41) is 16.4. The number of nitrogens with zero attached hydrogens (tertiary/aromatic N) is 4. The normalized spacial score (nSPS) is 14.2. The molecule has 1 aliphatic rings. The van der Waals surface area contributed by atoms with Gasteiger partial charge in [0.25, 0.3) is 11.8 Å². The molecule has 40 heavy (non-hydrogen) atoms. The molecular weight excluding hydrogens is 510 g/mol. The van der Waals surface area contributed by atoms with Crippen molar-refractivity contribution in [3.63, 3.8) is 0 Å². The Morgan fingerprint density at radius 1 is 1.00 bits per heavy atom. The summed E-state index contributed by atoms with van der Waals surface area (Å²) in [6, 6.07) is 20.0. The number of fused-ring (bicyclic) bond motifs is 1. The monoisotopic (exact) mass is 535 g/mol. The Morgan fingerprint density at radius 2 is 1.75 bits per heavy atom. The smallest absolute Gasteiger partial charge is 0.279 e. The SMILES string of the molecule is COc1cccc(C(=O)c2ccc(N3C(=O)c4c(NC(=O)c5ccc(OC)c(C#N)c5)cnn4C[C@@H]3C)cc2)c1. The van der Waals surface area contributed by atoms with Gasteiger partial charge in [-0.1, -0.05) is 12.1 Å². The number of methoxy groups -OCH3 is 2. The third-order valence-electron chi connectivity index (χ3n) is 6.71. The summed E-state index contributed by atoms with van der Waals surface area (Å²) in [7, 11) is 2.99. The van der Waals surface area contributed by atoms with Crippen LogP contribution in [0.3, 0.4) is 0 Å². The van der Waals surface area contributed by atoms with Gasteiger partial charge >= 0.3 is 0 Å². The van der Waals surface area contributed by atoms with Crippen molar-refractivity contribution in [2.24, 2.45) is 0 Å². The molecule has 1 aliphatic heterocycles. The van der Waals surface area contributed by atoms with Crippen molar-refractivity contribution in [1.29, 1.82) is 5.26 Å². The van der Waals surface area contributed by atoms with Crippen molar-refractivity contribution in [3.05, 3.63) is 101 Å². The number of benzene rings is 3. The summed E-state index contributed by atoms with van der Waals surface area (Å²) >= 11 is 0. The van der Waals surface area contributed by atoms with Gasteiger partial charge in [-0.15, -0.1) is 0 Å². The third kappa shape index (κ3) is 4.76. The van der Waals surface area contributed by atoms with Gasteiger partial charge in [0.15, 0.2) is 5.78 Å². The van der Waals surface area contributed by atoms with Gasteiger partial charge in [-0.25, -0.2) is 0 Å². The number of nitriles is 1. The van der Waals surface area contributed by atoms with E-state index in [2.05, 4.69) is 10.4 Å². The molecular formula is C30H25N5O5. The molecule has 0 saturated carbocycles. The lowest BCUT2D eigenvalue weighted by molar-refractivity contribution is 0.0947. The molecule has 10 heteroatoms. The fourth-order valence-electron chi connectivity index (χ4n) is 4.69. The van der Waals surface area contributed by atoms with Gasteiger partial charge in [-0.3, -0.25) is 19.1 Å². The van der Waals surface area contributed by atoms with Crippen LogP contribution in [0.15, 0.2) is 72.9 Å². The molecule has 4 aromatic rings. The van der Waals surface area contributed by atoms with Crippen molar-refractivity contribution in [1.82, 2.24) is 9.78 Å². The molecule has 10 nitrogen and oxygen atoms in total. The van der Waals surface area contributed by atoms with Crippen LogP contribution in [0.1, 0.15) is 49.3 Å². The number of carbonyl (C=O) groups is 3. The zero-order valence-corrected chi connectivity index (χ0v) is 22.0. The molecule has 5 rings (SSSR count). The molecule has 200 valence electrons. The highest BCUT2D eigenvalue weighted by atomic mass is 16.5. The van der Waals surface area contributed by atoms with Crippen LogP contribution in [0.5, 0.6) is 11.5 Å². The minimum Gasteiger partial charge on any atom is -0.497 e. The summed E-state index contributed by atoms with van der Waals surface area (Å²) in [6.07, 6.45) is 1.44. The van der Waals surface area contributed by atoms with Gasteiger partial charge in [0.1, 0.15) is 23.3 Å². The van der Waals surface area contributed by atoms with E-state index in [1.165, 1.54) is 31.5 Å². The Labute approximate surface area is 230 Å². The number of anilines is 2. The number of hydrogen-bond acceptors (Lipinski definition) is 7. The lowest BCUT2D eigenvalue weighted by atomic mass is 10.0. The summed E-state index contributed by atoms with van der Waals surface area (Å²) in [4.78, 5) is 41.3. The predicted octanol–water partition coefficient (Wildman–Crippen LogP) is 4.30. The van der Waals surface area contributed by atoms with Crippen LogP contribution in [-0.2, 0) is 6.54 Å². The molecule has 0 bridgehead atoms. The van der Waals surface area contributed by atoms with Crippen molar-refractivity contribution >= 4 is 29.0 Å². The number of rotatable bonds is 7. The lowest BCUT2D eigenvalue weighted by Gasteiger charge is -2.34. The molecule has 2 heterocycles. The molecule has 0 unspecified atom stereocenters. The standard InChI is InChI=1S/C30H25N5O5/c1-18-17-34-27(25(16-32-34)33-29(37)21-9-12-26(40-3)22(13-21)15-31)30(38)35(18)23-10-7-19(8-11-23)28(36)20-5-4-6-24(14-20)39-2/h4-14,16,18H,17H2,1-3H3,(H,33,37)/t18-/m0/s1. The third-order valence-corrected chi connectivity index (χ3v) is 6.71. The summed E-state index contributed by atoms with van der Waals surface area (Å²) in [5.41, 5.74) is 2.53. The average molecular weight is 536 g/mol. The molecule has 0 fully saturated rings. The Hall–Kier alpha value is -5.43. The number of carbonyl (C=O) groups excluding carboxylic acids is 3. The van der Waals surface area contributed by atoms with Crippen LogP contribution in [0.25, 0.3) is 0 Å². The van der Waals surface area contributed by atoms with E-state index >= 15 is 0 Å². The Kier molecular flexibility index (Phi) is 7.03. The van der Waals surface area contributed by atoms with Crippen LogP contribution in [-0.4, -0.2) is 47.6 Å². The van der Waals surface area contributed by atoms with E-state index in [0.29, 0.717) is 34.9 Å². The van der Waals surface area contributed by atoms with Gasteiger partial charge in [0.2, 0.25) is 0 Å². The van der Waals surface area contributed by atoms with Gasteiger partial charge in [-0.05, 0) is 61.5 Å². The molecule has 2 amide bonds. The van der Waals surface area contributed by atoms with E-state index in [1.807, 2.05) is 13.0 Å². The van der Waals surface area contributed by atoms with Crippen LogP contribution in [0.4, 0.5) is 11.4 Å². The summed E-state index contributed by atoms with van der Waals surface area (Å²) < 4.78 is 11.9. The first-order valence-electron chi connectivity index (χ1n) is 12.4. The number of nitrogens with one attached hydrogen (secondary N) is 1. The second-order valence-electron chi connectivity index (χ2n) is 9.20. The molecule has 1 atom stereocenters. The quantitative estimate of drug-likeness (QED) is 0.350. The number of amides is 2. The molecule has 0 saturated heterocycles.